The maximum absolute atomic E-state index is 13.1. The van der Waals surface area contributed by atoms with Crippen molar-refractivity contribution < 1.29 is 31.1 Å². The van der Waals surface area contributed by atoms with E-state index in [4.69, 9.17) is 16.3 Å². The summed E-state index contributed by atoms with van der Waals surface area (Å²) in [6, 6.07) is 13.8. The topological polar surface area (TPSA) is 75.7 Å². The first-order chi connectivity index (χ1) is 16.3. The molecule has 35 heavy (non-hydrogen) atoms. The molecular formula is C24H22ClF3N2O4S. The highest BCUT2D eigenvalue weighted by atomic mass is 35.5. The fraction of sp³-hybridized carbons (Fsp3) is 0.208. The van der Waals surface area contributed by atoms with Gasteiger partial charge in [0.05, 0.1) is 22.6 Å². The molecule has 11 heteroatoms. The number of halogens is 4. The molecule has 3 aromatic carbocycles. The predicted molar refractivity (Wildman–Crippen MR) is 127 cm³/mol. The third-order valence-electron chi connectivity index (χ3n) is 5.19. The standard InChI is InChI=1S/C24H22ClF3N2O4S/c1-15-4-8-19(9-5-15)35(32,33)30(2)14-17-12-16(6-11-22(17)34-3)23(31)29-18-7-10-21(25)20(13-18)24(26,27)28/h4-13H,14H2,1-3H3,(H,29,31). The van der Waals surface area contributed by atoms with Crippen LogP contribution >= 0.6 is 11.6 Å². The second-order valence-electron chi connectivity index (χ2n) is 7.75. The molecule has 0 radical (unpaired) electrons. The molecule has 0 atom stereocenters. The number of methoxy groups -OCH3 is 1. The number of carbonyl (C=O) groups excluding carboxylic acids is 1. The number of anilines is 1. The van der Waals surface area contributed by atoms with Gasteiger partial charge in [0.2, 0.25) is 10.0 Å². The Kier molecular flexibility index (Phi) is 7.78. The van der Waals surface area contributed by atoms with Crippen molar-refractivity contribution in [3.8, 4) is 5.75 Å². The van der Waals surface area contributed by atoms with Crippen molar-refractivity contribution in [1.82, 2.24) is 4.31 Å². The summed E-state index contributed by atoms with van der Waals surface area (Å²) in [7, 11) is -1.03. The molecule has 3 aromatic rings. The quantitative estimate of drug-likeness (QED) is 0.425. The van der Waals surface area contributed by atoms with Crippen molar-refractivity contribution in [3.05, 3.63) is 87.9 Å². The van der Waals surface area contributed by atoms with E-state index in [0.29, 0.717) is 11.3 Å². The largest absolute Gasteiger partial charge is 0.496 e. The zero-order valence-electron chi connectivity index (χ0n) is 19.0. The summed E-state index contributed by atoms with van der Waals surface area (Å²) < 4.78 is 71.7. The number of hydrogen-bond donors (Lipinski definition) is 1. The molecular weight excluding hydrogens is 505 g/mol. The Morgan fingerprint density at radius 2 is 1.71 bits per heavy atom. The molecule has 1 amide bonds. The van der Waals surface area contributed by atoms with Crippen molar-refractivity contribution in [2.75, 3.05) is 19.5 Å². The number of carbonyl (C=O) groups is 1. The number of ether oxygens (including phenoxy) is 1. The molecule has 186 valence electrons. The second kappa shape index (κ2) is 10.3. The van der Waals surface area contributed by atoms with Crippen LogP contribution in [0.5, 0.6) is 5.75 Å². The molecule has 0 aromatic heterocycles. The van der Waals surface area contributed by atoms with E-state index in [1.807, 2.05) is 6.92 Å². The number of hydrogen-bond acceptors (Lipinski definition) is 4. The molecule has 0 spiro atoms. The third kappa shape index (κ3) is 6.14. The number of nitrogens with one attached hydrogen (secondary N) is 1. The van der Waals surface area contributed by atoms with Crippen LogP contribution in [0.25, 0.3) is 0 Å². The molecule has 0 aliphatic heterocycles. The number of amides is 1. The van der Waals surface area contributed by atoms with E-state index in [9.17, 15) is 26.4 Å². The van der Waals surface area contributed by atoms with Gasteiger partial charge in [0.25, 0.3) is 5.91 Å². The molecule has 6 nitrogen and oxygen atoms in total. The van der Waals surface area contributed by atoms with Crippen molar-refractivity contribution in [2.24, 2.45) is 0 Å². The van der Waals surface area contributed by atoms with Crippen molar-refractivity contribution >= 4 is 33.2 Å². The molecule has 3 rings (SSSR count). The number of rotatable bonds is 7. The molecule has 0 heterocycles. The van der Waals surface area contributed by atoms with Gasteiger partial charge in [0.1, 0.15) is 5.75 Å². The third-order valence-corrected chi connectivity index (χ3v) is 7.34. The Labute approximate surface area is 206 Å². The van der Waals surface area contributed by atoms with Crippen LogP contribution in [0.1, 0.15) is 27.0 Å². The highest BCUT2D eigenvalue weighted by Gasteiger charge is 2.33. The smallest absolute Gasteiger partial charge is 0.417 e. The minimum absolute atomic E-state index is 0.0943. The first-order valence-electron chi connectivity index (χ1n) is 10.2. The van der Waals surface area contributed by atoms with Crippen LogP contribution < -0.4 is 10.1 Å². The highest BCUT2D eigenvalue weighted by Crippen LogP contribution is 2.36. The molecule has 0 fully saturated rings. The van der Waals surface area contributed by atoms with E-state index >= 15 is 0 Å². The zero-order chi connectivity index (χ0) is 26.0. The highest BCUT2D eigenvalue weighted by molar-refractivity contribution is 7.89. The lowest BCUT2D eigenvalue weighted by Crippen LogP contribution is -2.27. The van der Waals surface area contributed by atoms with Crippen LogP contribution in [0.4, 0.5) is 18.9 Å². The monoisotopic (exact) mass is 526 g/mol. The number of nitrogens with zero attached hydrogens (tertiary/aromatic N) is 1. The van der Waals surface area contributed by atoms with Crippen LogP contribution in [-0.4, -0.2) is 32.8 Å². The minimum Gasteiger partial charge on any atom is -0.496 e. The maximum Gasteiger partial charge on any atom is 0.417 e. The fourth-order valence-electron chi connectivity index (χ4n) is 3.28. The van der Waals surface area contributed by atoms with Crippen molar-refractivity contribution in [1.29, 1.82) is 0 Å². The van der Waals surface area contributed by atoms with Gasteiger partial charge < -0.3 is 10.1 Å². The van der Waals surface area contributed by atoms with Gasteiger partial charge in [-0.05, 0) is 55.5 Å². The SMILES string of the molecule is COc1ccc(C(=O)Nc2ccc(Cl)c(C(F)(F)F)c2)cc1CN(C)S(=O)(=O)c1ccc(C)cc1. The lowest BCUT2D eigenvalue weighted by Gasteiger charge is -2.19. The van der Waals surface area contributed by atoms with Crippen molar-refractivity contribution in [3.63, 3.8) is 0 Å². The van der Waals surface area contributed by atoms with Crippen LogP contribution in [0, 0.1) is 6.92 Å². The number of aryl methyl sites for hydroxylation is 1. The van der Waals surface area contributed by atoms with Gasteiger partial charge in [-0.15, -0.1) is 0 Å². The maximum atomic E-state index is 13.1. The van der Waals surface area contributed by atoms with Gasteiger partial charge in [-0.1, -0.05) is 29.3 Å². The molecule has 0 aliphatic rings. The van der Waals surface area contributed by atoms with Gasteiger partial charge >= 0.3 is 6.18 Å². The Hall–Kier alpha value is -3.08. The first-order valence-corrected chi connectivity index (χ1v) is 12.0. The lowest BCUT2D eigenvalue weighted by atomic mass is 10.1. The summed E-state index contributed by atoms with van der Waals surface area (Å²) >= 11 is 5.63. The van der Waals surface area contributed by atoms with Crippen LogP contribution in [0.2, 0.25) is 5.02 Å². The second-order valence-corrected chi connectivity index (χ2v) is 10.2. The van der Waals surface area contributed by atoms with Gasteiger partial charge in [-0.2, -0.15) is 17.5 Å². The average molecular weight is 527 g/mol. The summed E-state index contributed by atoms with van der Waals surface area (Å²) in [6.07, 6.45) is -4.68. The predicted octanol–water partition coefficient (Wildman–Crippen LogP) is 5.75. The van der Waals surface area contributed by atoms with E-state index in [1.165, 1.54) is 50.6 Å². The van der Waals surface area contributed by atoms with E-state index in [-0.39, 0.29) is 22.7 Å². The summed E-state index contributed by atoms with van der Waals surface area (Å²) in [5, 5.41) is 1.92. The van der Waals surface area contributed by atoms with E-state index in [2.05, 4.69) is 5.32 Å². The molecule has 0 bridgehead atoms. The molecule has 0 aliphatic carbocycles. The van der Waals surface area contributed by atoms with Gasteiger partial charge in [0.15, 0.2) is 0 Å². The molecule has 0 unspecified atom stereocenters. The van der Waals surface area contributed by atoms with Gasteiger partial charge in [-0.25, -0.2) is 8.42 Å². The van der Waals surface area contributed by atoms with Crippen LogP contribution in [0.15, 0.2) is 65.6 Å². The fourth-order valence-corrected chi connectivity index (χ4v) is 4.66. The van der Waals surface area contributed by atoms with Crippen LogP contribution in [0.3, 0.4) is 0 Å². The average Bonchev–Trinajstić information content (AvgIpc) is 2.79. The van der Waals surface area contributed by atoms with Crippen LogP contribution in [-0.2, 0) is 22.7 Å². The summed E-state index contributed by atoms with van der Waals surface area (Å²) in [5.74, 6) is -0.341. The Balaban J connectivity index is 1.86. The first kappa shape index (κ1) is 26.5. The molecule has 0 saturated heterocycles. The van der Waals surface area contributed by atoms with Crippen molar-refractivity contribution in [2.45, 2.75) is 24.5 Å². The summed E-state index contributed by atoms with van der Waals surface area (Å²) in [6.45, 7) is 1.73. The summed E-state index contributed by atoms with van der Waals surface area (Å²) in [5.41, 5.74) is 0.240. The molecule has 0 saturated carbocycles. The normalized spacial score (nSPS) is 12.0. The van der Waals surface area contributed by atoms with E-state index < -0.39 is 32.7 Å². The number of sulfonamides is 1. The van der Waals surface area contributed by atoms with Gasteiger partial charge in [0, 0.05) is 30.4 Å². The Bertz CT molecular complexity index is 1340. The van der Waals surface area contributed by atoms with Gasteiger partial charge in [-0.3, -0.25) is 4.79 Å². The Morgan fingerprint density at radius 1 is 1.06 bits per heavy atom. The van der Waals surface area contributed by atoms with E-state index in [0.717, 1.165) is 22.0 Å². The summed E-state index contributed by atoms with van der Waals surface area (Å²) in [4.78, 5) is 12.9. The minimum atomic E-state index is -4.68. The zero-order valence-corrected chi connectivity index (χ0v) is 20.6. The number of alkyl halides is 3. The number of benzene rings is 3. The Morgan fingerprint density at radius 3 is 2.31 bits per heavy atom. The van der Waals surface area contributed by atoms with E-state index in [1.54, 1.807) is 12.1 Å². The lowest BCUT2D eigenvalue weighted by molar-refractivity contribution is -0.137. The molecule has 1 N–H and O–H groups in total.